The molecule has 0 saturated heterocycles. The predicted molar refractivity (Wildman–Crippen MR) is 142 cm³/mol. The number of hydrogen-bond donors (Lipinski definition) is 1. The number of halogens is 2. The molecule has 4 aromatic rings. The Morgan fingerprint density at radius 3 is 2.62 bits per heavy atom. The van der Waals surface area contributed by atoms with Crippen molar-refractivity contribution < 1.29 is 19.4 Å². The highest BCUT2D eigenvalue weighted by atomic mass is 35.5. The van der Waals surface area contributed by atoms with Crippen LogP contribution in [0, 0.1) is 5.41 Å². The number of carboxylic acid groups (broad SMARTS) is 1. The Bertz CT molecular complexity index is 1500. The molecule has 1 aliphatic rings. The van der Waals surface area contributed by atoms with Crippen molar-refractivity contribution in [3.05, 3.63) is 64.4 Å². The van der Waals surface area contributed by atoms with Crippen molar-refractivity contribution in [3.8, 4) is 23.0 Å². The average Bonchev–Trinajstić information content (AvgIpc) is 3.46. The molecule has 10 heteroatoms. The van der Waals surface area contributed by atoms with Crippen molar-refractivity contribution in [3.63, 3.8) is 0 Å². The Morgan fingerprint density at radius 1 is 1.16 bits per heavy atom. The first-order chi connectivity index (χ1) is 17.6. The Hall–Kier alpha value is -3.36. The molecule has 0 unspecified atom stereocenters. The van der Waals surface area contributed by atoms with Gasteiger partial charge >= 0.3 is 5.97 Å². The Balaban J connectivity index is 1.62. The molecule has 0 radical (unpaired) electrons. The Morgan fingerprint density at radius 2 is 1.92 bits per heavy atom. The van der Waals surface area contributed by atoms with Gasteiger partial charge in [0.15, 0.2) is 11.2 Å². The summed E-state index contributed by atoms with van der Waals surface area (Å²) in [6.07, 6.45) is 3.37. The normalized spacial score (nSPS) is 14.5. The number of aliphatic carboxylic acids is 1. The summed E-state index contributed by atoms with van der Waals surface area (Å²) in [6, 6.07) is 12.9. The van der Waals surface area contributed by atoms with E-state index in [9.17, 15) is 9.90 Å². The molecule has 8 nitrogen and oxygen atoms in total. The fourth-order valence-electron chi connectivity index (χ4n) is 3.79. The summed E-state index contributed by atoms with van der Waals surface area (Å²) in [7, 11) is 0. The smallest absolute Gasteiger partial charge is 0.312 e. The van der Waals surface area contributed by atoms with Crippen LogP contribution in [0.4, 0.5) is 0 Å². The molecule has 0 atom stereocenters. The summed E-state index contributed by atoms with van der Waals surface area (Å²) < 4.78 is 14.0. The second-order valence-corrected chi connectivity index (χ2v) is 11.0. The summed E-state index contributed by atoms with van der Waals surface area (Å²) in [6.45, 7) is 5.61. The van der Waals surface area contributed by atoms with Crippen LogP contribution >= 0.6 is 23.2 Å². The molecule has 1 saturated carbocycles. The zero-order valence-corrected chi connectivity index (χ0v) is 22.2. The molecule has 2 aromatic carbocycles. The first-order valence-corrected chi connectivity index (χ1v) is 12.6. The molecule has 192 valence electrons. The van der Waals surface area contributed by atoms with Gasteiger partial charge in [-0.25, -0.2) is 9.97 Å². The fraction of sp³-hybridized carbons (Fsp3) is 0.333. The van der Waals surface area contributed by atoms with Crippen molar-refractivity contribution in [1.82, 2.24) is 19.5 Å². The topological polar surface area (TPSA) is 99.4 Å². The van der Waals surface area contributed by atoms with E-state index in [0.717, 1.165) is 18.4 Å². The second-order valence-electron chi connectivity index (χ2n) is 10.1. The number of carboxylic acids is 1. The van der Waals surface area contributed by atoms with Crippen LogP contribution in [-0.2, 0) is 11.3 Å². The maximum atomic E-state index is 11.5. The second kappa shape index (κ2) is 9.50. The van der Waals surface area contributed by atoms with E-state index < -0.39 is 11.4 Å². The number of fused-ring (bicyclic) bond motifs is 1. The van der Waals surface area contributed by atoms with E-state index in [1.54, 1.807) is 26.0 Å². The molecule has 5 rings (SSSR count). The standard InChI is InChI=1S/C27H26Cl2N4O4/c1-26(2,25(34)35)14-36-19-9-5-8-18(20(19)29)22-32-21-23(30-15-31-24(21)37-27(3)10-11-27)33(22)13-16-6-4-7-17(28)12-16/h4-9,12,15H,10-11,13-14H2,1-3H3,(H,34,35). The van der Waals surface area contributed by atoms with Crippen LogP contribution < -0.4 is 9.47 Å². The highest BCUT2D eigenvalue weighted by molar-refractivity contribution is 6.34. The average molecular weight is 541 g/mol. The molecule has 0 amide bonds. The number of rotatable bonds is 9. The van der Waals surface area contributed by atoms with Gasteiger partial charge in [-0.1, -0.05) is 41.4 Å². The summed E-state index contributed by atoms with van der Waals surface area (Å²) in [5, 5.41) is 10.4. The minimum Gasteiger partial charge on any atom is -0.491 e. The van der Waals surface area contributed by atoms with Gasteiger partial charge in [0.05, 0.1) is 17.0 Å². The van der Waals surface area contributed by atoms with Crippen LogP contribution in [0.3, 0.4) is 0 Å². The zero-order chi connectivity index (χ0) is 26.4. The maximum absolute atomic E-state index is 11.5. The Labute approximate surface area is 224 Å². The van der Waals surface area contributed by atoms with Crippen molar-refractivity contribution >= 4 is 40.3 Å². The number of nitrogens with zero attached hydrogens (tertiary/aromatic N) is 4. The highest BCUT2D eigenvalue weighted by Gasteiger charge is 2.41. The SMILES string of the molecule is CC1(Oc2ncnc3c2nc(-c2cccc(OCC(C)(C)C(=O)O)c2Cl)n3Cc2cccc(Cl)c2)CC1. The van der Waals surface area contributed by atoms with Gasteiger partial charge < -0.3 is 19.1 Å². The number of aromatic nitrogens is 4. The van der Waals surface area contributed by atoms with Gasteiger partial charge in [0, 0.05) is 10.6 Å². The van der Waals surface area contributed by atoms with Gasteiger partial charge in [0.1, 0.15) is 30.1 Å². The molecule has 0 aliphatic heterocycles. The lowest BCUT2D eigenvalue weighted by atomic mass is 9.95. The van der Waals surface area contributed by atoms with Crippen LogP contribution in [0.25, 0.3) is 22.6 Å². The molecule has 1 N–H and O–H groups in total. The third-order valence-electron chi connectivity index (χ3n) is 6.40. The number of hydrogen-bond acceptors (Lipinski definition) is 6. The minimum absolute atomic E-state index is 0.0491. The van der Waals surface area contributed by atoms with Gasteiger partial charge in [0.2, 0.25) is 5.88 Å². The third kappa shape index (κ3) is 5.22. The van der Waals surface area contributed by atoms with E-state index >= 15 is 0 Å². The lowest BCUT2D eigenvalue weighted by molar-refractivity contribution is -0.148. The number of ether oxygens (including phenoxy) is 2. The van der Waals surface area contributed by atoms with E-state index in [2.05, 4.69) is 9.97 Å². The van der Waals surface area contributed by atoms with E-state index in [1.807, 2.05) is 41.8 Å². The molecule has 0 spiro atoms. The maximum Gasteiger partial charge on any atom is 0.312 e. The quantitative estimate of drug-likeness (QED) is 0.267. The molecule has 0 bridgehead atoms. The number of carbonyl (C=O) groups is 1. The fourth-order valence-corrected chi connectivity index (χ4v) is 4.27. The van der Waals surface area contributed by atoms with Crippen LogP contribution in [0.2, 0.25) is 10.0 Å². The minimum atomic E-state index is -1.08. The van der Waals surface area contributed by atoms with E-state index in [1.165, 1.54) is 6.33 Å². The third-order valence-corrected chi connectivity index (χ3v) is 7.02. The molecular formula is C27H26Cl2N4O4. The Kier molecular flexibility index (Phi) is 6.50. The van der Waals surface area contributed by atoms with Crippen LogP contribution in [-0.4, -0.2) is 42.8 Å². The first-order valence-electron chi connectivity index (χ1n) is 11.9. The van der Waals surface area contributed by atoms with Crippen LogP contribution in [0.1, 0.15) is 39.2 Å². The monoisotopic (exact) mass is 540 g/mol. The van der Waals surface area contributed by atoms with Crippen molar-refractivity contribution in [2.45, 2.75) is 45.8 Å². The van der Waals surface area contributed by atoms with Gasteiger partial charge in [0.25, 0.3) is 0 Å². The van der Waals surface area contributed by atoms with Crippen LogP contribution in [0.15, 0.2) is 48.8 Å². The van der Waals surface area contributed by atoms with Crippen molar-refractivity contribution in [1.29, 1.82) is 0 Å². The molecule has 37 heavy (non-hydrogen) atoms. The lowest BCUT2D eigenvalue weighted by Gasteiger charge is -2.20. The van der Waals surface area contributed by atoms with E-state index in [4.69, 9.17) is 37.7 Å². The van der Waals surface area contributed by atoms with Gasteiger partial charge in [-0.05, 0) is 63.4 Å². The van der Waals surface area contributed by atoms with Crippen molar-refractivity contribution in [2.75, 3.05) is 6.61 Å². The molecule has 1 fully saturated rings. The van der Waals surface area contributed by atoms with Gasteiger partial charge in [-0.15, -0.1) is 0 Å². The first kappa shape index (κ1) is 25.3. The molecule has 2 heterocycles. The summed E-state index contributed by atoms with van der Waals surface area (Å²) in [4.78, 5) is 25.3. The molecular weight excluding hydrogens is 515 g/mol. The number of benzene rings is 2. The summed E-state index contributed by atoms with van der Waals surface area (Å²) in [5.74, 6) is 0.374. The molecule has 1 aliphatic carbocycles. The largest absolute Gasteiger partial charge is 0.491 e. The zero-order valence-electron chi connectivity index (χ0n) is 20.7. The van der Waals surface area contributed by atoms with Crippen molar-refractivity contribution in [2.24, 2.45) is 5.41 Å². The van der Waals surface area contributed by atoms with Gasteiger partial charge in [-0.2, -0.15) is 4.98 Å². The predicted octanol–water partition coefficient (Wildman–Crippen LogP) is 6.27. The summed E-state index contributed by atoms with van der Waals surface area (Å²) >= 11 is 13.1. The number of imidazole rings is 1. The lowest BCUT2D eigenvalue weighted by Crippen LogP contribution is -2.30. The van der Waals surface area contributed by atoms with E-state index in [0.29, 0.717) is 50.8 Å². The van der Waals surface area contributed by atoms with Gasteiger partial charge in [-0.3, -0.25) is 4.79 Å². The molecule has 2 aromatic heterocycles. The highest BCUT2D eigenvalue weighted by Crippen LogP contribution is 2.42. The van der Waals surface area contributed by atoms with Crippen LogP contribution in [0.5, 0.6) is 11.6 Å². The van der Waals surface area contributed by atoms with E-state index in [-0.39, 0.29) is 12.2 Å². The summed E-state index contributed by atoms with van der Waals surface area (Å²) in [5.41, 5.74) is 1.35.